The van der Waals surface area contributed by atoms with Crippen LogP contribution in [0.25, 0.3) is 10.4 Å². The number of hydrogen-bond acceptors (Lipinski definition) is 4. The molecule has 1 heterocycles. The highest BCUT2D eigenvalue weighted by atomic mass is 32.1. The second kappa shape index (κ2) is 8.70. The lowest BCUT2D eigenvalue weighted by atomic mass is 10.1. The van der Waals surface area contributed by atoms with Crippen LogP contribution in [0.3, 0.4) is 0 Å². The van der Waals surface area contributed by atoms with Crippen molar-refractivity contribution in [1.29, 1.82) is 0 Å². The van der Waals surface area contributed by atoms with Gasteiger partial charge in [-0.15, -0.1) is 11.3 Å². The molecule has 0 saturated carbocycles. The van der Waals surface area contributed by atoms with Crippen LogP contribution in [0, 0.1) is 5.92 Å². The first-order chi connectivity index (χ1) is 11.1. The topological polar surface area (TPSA) is 64.3 Å². The van der Waals surface area contributed by atoms with Crippen molar-refractivity contribution < 1.29 is 9.53 Å². The summed E-state index contributed by atoms with van der Waals surface area (Å²) in [4.78, 5) is 12.8. The van der Waals surface area contributed by atoms with Gasteiger partial charge >= 0.3 is 0 Å². The first-order valence-electron chi connectivity index (χ1n) is 7.90. The van der Waals surface area contributed by atoms with Crippen LogP contribution in [-0.2, 0) is 0 Å². The fourth-order valence-electron chi connectivity index (χ4n) is 2.12. The summed E-state index contributed by atoms with van der Waals surface area (Å²) in [6.45, 7) is 6.93. The van der Waals surface area contributed by atoms with E-state index in [0.717, 1.165) is 35.2 Å². The number of nitrogens with two attached hydrogens (primary N) is 1. The second-order valence-electron chi connectivity index (χ2n) is 5.84. The molecule has 1 aromatic carbocycles. The number of amides is 1. The van der Waals surface area contributed by atoms with Crippen molar-refractivity contribution in [2.45, 2.75) is 20.3 Å². The standard InChI is InChI=1S/C18H24N2O2S/c1-13(2)8-9-20-10-11-22-15-5-3-4-14(12-15)16-6-7-17(23-16)18(19)21/h3-7,12-13,20H,8-11H2,1-2H3,(H2,19,21). The van der Waals surface area contributed by atoms with Gasteiger partial charge in [0, 0.05) is 11.4 Å². The molecule has 0 atom stereocenters. The predicted molar refractivity (Wildman–Crippen MR) is 96.1 cm³/mol. The molecule has 0 saturated heterocycles. The van der Waals surface area contributed by atoms with Gasteiger partial charge in [0.15, 0.2) is 0 Å². The fraction of sp³-hybridized carbons (Fsp3) is 0.389. The zero-order valence-corrected chi connectivity index (χ0v) is 14.5. The van der Waals surface area contributed by atoms with Crippen molar-refractivity contribution in [2.24, 2.45) is 11.7 Å². The molecular formula is C18H24N2O2S. The van der Waals surface area contributed by atoms with Crippen LogP contribution in [-0.4, -0.2) is 25.6 Å². The molecular weight excluding hydrogens is 308 g/mol. The summed E-state index contributed by atoms with van der Waals surface area (Å²) in [5.74, 6) is 1.17. The average Bonchev–Trinajstić information content (AvgIpc) is 3.01. The Morgan fingerprint density at radius 3 is 2.78 bits per heavy atom. The van der Waals surface area contributed by atoms with Crippen LogP contribution in [0.1, 0.15) is 29.9 Å². The third-order valence-corrected chi connectivity index (χ3v) is 4.56. The number of benzene rings is 1. The van der Waals surface area contributed by atoms with Crippen molar-refractivity contribution in [1.82, 2.24) is 5.32 Å². The summed E-state index contributed by atoms with van der Waals surface area (Å²) in [5.41, 5.74) is 6.33. The van der Waals surface area contributed by atoms with Crippen molar-refractivity contribution in [3.05, 3.63) is 41.3 Å². The minimum atomic E-state index is -0.388. The molecule has 0 fully saturated rings. The van der Waals surface area contributed by atoms with Gasteiger partial charge in [-0.05, 0) is 48.7 Å². The number of primary amides is 1. The van der Waals surface area contributed by atoms with E-state index in [1.165, 1.54) is 17.8 Å². The normalized spacial score (nSPS) is 10.9. The lowest BCUT2D eigenvalue weighted by Crippen LogP contribution is -2.23. The van der Waals surface area contributed by atoms with E-state index >= 15 is 0 Å². The predicted octanol–water partition coefficient (Wildman–Crippen LogP) is 3.53. The first-order valence-corrected chi connectivity index (χ1v) is 8.71. The third kappa shape index (κ3) is 5.69. The molecule has 0 aliphatic heterocycles. The van der Waals surface area contributed by atoms with Crippen molar-refractivity contribution in [2.75, 3.05) is 19.7 Å². The monoisotopic (exact) mass is 332 g/mol. The number of carbonyl (C=O) groups is 1. The summed E-state index contributed by atoms with van der Waals surface area (Å²) >= 11 is 1.40. The maximum absolute atomic E-state index is 11.2. The van der Waals surface area contributed by atoms with E-state index in [1.54, 1.807) is 6.07 Å². The van der Waals surface area contributed by atoms with Crippen LogP contribution < -0.4 is 15.8 Å². The molecule has 0 aliphatic carbocycles. The summed E-state index contributed by atoms with van der Waals surface area (Å²) in [6, 6.07) is 11.6. The molecule has 124 valence electrons. The summed E-state index contributed by atoms with van der Waals surface area (Å²) in [7, 11) is 0. The van der Waals surface area contributed by atoms with Gasteiger partial charge in [0.05, 0.1) is 4.88 Å². The highest BCUT2D eigenvalue weighted by molar-refractivity contribution is 7.17. The Labute approximate surface area is 141 Å². The first kappa shape index (κ1) is 17.5. The van der Waals surface area contributed by atoms with E-state index in [-0.39, 0.29) is 5.91 Å². The zero-order chi connectivity index (χ0) is 16.7. The average molecular weight is 332 g/mol. The number of carbonyl (C=O) groups excluding carboxylic acids is 1. The summed E-state index contributed by atoms with van der Waals surface area (Å²) < 4.78 is 5.78. The van der Waals surface area contributed by atoms with Gasteiger partial charge < -0.3 is 15.8 Å². The maximum atomic E-state index is 11.2. The van der Waals surface area contributed by atoms with Crippen LogP contribution in [0.4, 0.5) is 0 Å². The summed E-state index contributed by atoms with van der Waals surface area (Å²) in [6.07, 6.45) is 1.18. The molecule has 0 radical (unpaired) electrons. The number of thiophene rings is 1. The molecule has 0 aliphatic rings. The number of rotatable bonds is 9. The van der Waals surface area contributed by atoms with E-state index in [4.69, 9.17) is 10.5 Å². The van der Waals surface area contributed by atoms with Crippen LogP contribution >= 0.6 is 11.3 Å². The highest BCUT2D eigenvalue weighted by Gasteiger charge is 2.07. The lowest BCUT2D eigenvalue weighted by molar-refractivity contribution is 0.100. The smallest absolute Gasteiger partial charge is 0.258 e. The Bertz CT molecular complexity index is 637. The molecule has 2 rings (SSSR count). The van der Waals surface area contributed by atoms with Gasteiger partial charge in [-0.2, -0.15) is 0 Å². The van der Waals surface area contributed by atoms with Gasteiger partial charge in [0.2, 0.25) is 0 Å². The number of nitrogens with one attached hydrogen (secondary N) is 1. The van der Waals surface area contributed by atoms with Crippen LogP contribution in [0.5, 0.6) is 5.75 Å². The molecule has 5 heteroatoms. The number of hydrogen-bond donors (Lipinski definition) is 2. The molecule has 1 aromatic heterocycles. The Hall–Kier alpha value is -1.85. The fourth-order valence-corrected chi connectivity index (χ4v) is 2.98. The second-order valence-corrected chi connectivity index (χ2v) is 6.92. The minimum absolute atomic E-state index is 0.388. The zero-order valence-electron chi connectivity index (χ0n) is 13.7. The van der Waals surface area contributed by atoms with E-state index in [0.29, 0.717) is 11.5 Å². The van der Waals surface area contributed by atoms with Gasteiger partial charge in [-0.25, -0.2) is 0 Å². The minimum Gasteiger partial charge on any atom is -0.492 e. The summed E-state index contributed by atoms with van der Waals surface area (Å²) in [5, 5.41) is 3.37. The van der Waals surface area contributed by atoms with Gasteiger partial charge in [-0.1, -0.05) is 26.0 Å². The molecule has 0 unspecified atom stereocenters. The lowest BCUT2D eigenvalue weighted by Gasteiger charge is -2.09. The molecule has 23 heavy (non-hydrogen) atoms. The van der Waals surface area contributed by atoms with Crippen molar-refractivity contribution in [3.63, 3.8) is 0 Å². The number of ether oxygens (including phenoxy) is 1. The highest BCUT2D eigenvalue weighted by Crippen LogP contribution is 2.30. The Kier molecular flexibility index (Phi) is 6.62. The van der Waals surface area contributed by atoms with E-state index < -0.39 is 0 Å². The van der Waals surface area contributed by atoms with Gasteiger partial charge in [0.25, 0.3) is 5.91 Å². The van der Waals surface area contributed by atoms with Crippen LogP contribution in [0.2, 0.25) is 0 Å². The molecule has 1 amide bonds. The molecule has 2 aromatic rings. The largest absolute Gasteiger partial charge is 0.492 e. The van der Waals surface area contributed by atoms with Gasteiger partial charge in [-0.3, -0.25) is 4.79 Å². The van der Waals surface area contributed by atoms with E-state index in [2.05, 4.69) is 19.2 Å². The third-order valence-electron chi connectivity index (χ3n) is 3.41. The molecule has 3 N–H and O–H groups in total. The maximum Gasteiger partial charge on any atom is 0.258 e. The Balaban J connectivity index is 1.86. The Morgan fingerprint density at radius 2 is 2.09 bits per heavy atom. The molecule has 0 bridgehead atoms. The Morgan fingerprint density at radius 1 is 1.26 bits per heavy atom. The van der Waals surface area contributed by atoms with Crippen molar-refractivity contribution in [3.8, 4) is 16.2 Å². The SMILES string of the molecule is CC(C)CCNCCOc1cccc(-c2ccc(C(N)=O)s2)c1. The van der Waals surface area contributed by atoms with Crippen LogP contribution in [0.15, 0.2) is 36.4 Å². The quantitative estimate of drug-likeness (QED) is 0.691. The van der Waals surface area contributed by atoms with Crippen molar-refractivity contribution >= 4 is 17.2 Å². The van der Waals surface area contributed by atoms with Gasteiger partial charge in [0.1, 0.15) is 12.4 Å². The van der Waals surface area contributed by atoms with E-state index in [1.807, 2.05) is 30.3 Å². The van der Waals surface area contributed by atoms with E-state index in [9.17, 15) is 4.79 Å². The molecule has 0 spiro atoms. The molecule has 4 nitrogen and oxygen atoms in total.